The monoisotopic (exact) mass is 234 g/mol. The zero-order valence-corrected chi connectivity index (χ0v) is 11.7. The lowest BCUT2D eigenvalue weighted by Gasteiger charge is -2.16. The Hall–Kier alpha value is -0.920. The van der Waals surface area contributed by atoms with Gasteiger partial charge in [-0.25, -0.2) is 9.97 Å². The number of fused-ring (bicyclic) bond motifs is 1. The molecule has 0 fully saturated rings. The van der Waals surface area contributed by atoms with Crippen molar-refractivity contribution in [2.24, 2.45) is 0 Å². The second kappa shape index (κ2) is 7.41. The summed E-state index contributed by atoms with van der Waals surface area (Å²) in [5.41, 5.74) is 2.73. The van der Waals surface area contributed by atoms with Crippen LogP contribution >= 0.6 is 0 Å². The molecule has 0 aromatic carbocycles. The van der Waals surface area contributed by atoms with Crippen molar-refractivity contribution in [3.8, 4) is 0 Å². The zero-order chi connectivity index (χ0) is 12.7. The first-order valence-electron chi connectivity index (χ1n) is 7.12. The Balaban J connectivity index is 0.000000686. The maximum Gasteiger partial charge on any atom is 0.115 e. The molecule has 0 radical (unpaired) electrons. The maximum atomic E-state index is 4.48. The van der Waals surface area contributed by atoms with Crippen LogP contribution in [-0.2, 0) is 0 Å². The van der Waals surface area contributed by atoms with Crippen molar-refractivity contribution >= 4 is 0 Å². The third-order valence-electron chi connectivity index (χ3n) is 3.51. The molecule has 2 unspecified atom stereocenters. The van der Waals surface area contributed by atoms with Gasteiger partial charge in [0.25, 0.3) is 0 Å². The summed E-state index contributed by atoms with van der Waals surface area (Å²) in [4.78, 5) is 8.68. The summed E-state index contributed by atoms with van der Waals surface area (Å²) in [5, 5.41) is 0. The zero-order valence-electron chi connectivity index (χ0n) is 11.7. The first-order chi connectivity index (χ1) is 8.33. The second-order valence-corrected chi connectivity index (χ2v) is 4.68. The van der Waals surface area contributed by atoms with Crippen LogP contribution in [0.4, 0.5) is 0 Å². The highest BCUT2D eigenvalue weighted by atomic mass is 14.8. The van der Waals surface area contributed by atoms with Crippen LogP contribution in [0.2, 0.25) is 0 Å². The lowest BCUT2D eigenvalue weighted by atomic mass is 9.91. The van der Waals surface area contributed by atoms with Crippen molar-refractivity contribution < 1.29 is 0 Å². The van der Waals surface area contributed by atoms with E-state index < -0.39 is 0 Å². The molecular formula is C15H26N2. The Kier molecular flexibility index (Phi) is 6.17. The molecule has 1 heterocycles. The Morgan fingerprint density at radius 1 is 1.29 bits per heavy atom. The Labute approximate surface area is 106 Å². The minimum Gasteiger partial charge on any atom is -0.245 e. The Morgan fingerprint density at radius 3 is 2.76 bits per heavy atom. The van der Waals surface area contributed by atoms with E-state index in [-0.39, 0.29) is 0 Å². The fourth-order valence-corrected chi connectivity index (χ4v) is 2.69. The first kappa shape index (κ1) is 14.1. The molecule has 2 atom stereocenters. The van der Waals surface area contributed by atoms with Gasteiger partial charge in [-0.2, -0.15) is 0 Å². The van der Waals surface area contributed by atoms with E-state index in [0.29, 0.717) is 11.8 Å². The third-order valence-corrected chi connectivity index (χ3v) is 3.51. The summed E-state index contributed by atoms with van der Waals surface area (Å²) in [7, 11) is 0. The molecule has 1 aliphatic carbocycles. The van der Waals surface area contributed by atoms with Crippen molar-refractivity contribution in [2.45, 2.75) is 71.6 Å². The molecule has 0 saturated carbocycles. The first-order valence-corrected chi connectivity index (χ1v) is 7.12. The van der Waals surface area contributed by atoms with Gasteiger partial charge in [0.1, 0.15) is 6.33 Å². The van der Waals surface area contributed by atoms with Gasteiger partial charge < -0.3 is 0 Å². The highest BCUT2D eigenvalue weighted by molar-refractivity contribution is 5.25. The quantitative estimate of drug-likeness (QED) is 0.695. The van der Waals surface area contributed by atoms with Gasteiger partial charge in [-0.1, -0.05) is 40.5 Å². The average Bonchev–Trinajstić information content (AvgIpc) is 2.54. The number of rotatable bonds is 2. The van der Waals surface area contributed by atoms with E-state index in [1.807, 2.05) is 20.0 Å². The second-order valence-electron chi connectivity index (χ2n) is 4.68. The van der Waals surface area contributed by atoms with Gasteiger partial charge in [-0.05, 0) is 36.7 Å². The van der Waals surface area contributed by atoms with Crippen LogP contribution in [0.1, 0.15) is 82.9 Å². The molecule has 2 heteroatoms. The average molecular weight is 234 g/mol. The topological polar surface area (TPSA) is 25.8 Å². The summed E-state index contributed by atoms with van der Waals surface area (Å²) >= 11 is 0. The molecule has 2 nitrogen and oxygen atoms in total. The van der Waals surface area contributed by atoms with Crippen molar-refractivity contribution in [1.29, 1.82) is 0 Å². The number of aromatic nitrogens is 2. The molecule has 0 amide bonds. The molecular weight excluding hydrogens is 208 g/mol. The van der Waals surface area contributed by atoms with E-state index in [4.69, 9.17) is 0 Å². The minimum absolute atomic E-state index is 0.616. The lowest BCUT2D eigenvalue weighted by molar-refractivity contribution is 0.540. The minimum atomic E-state index is 0.616. The van der Waals surface area contributed by atoms with Gasteiger partial charge in [0, 0.05) is 6.20 Å². The summed E-state index contributed by atoms with van der Waals surface area (Å²) in [5.74, 6) is 1.32. The molecule has 0 N–H and O–H groups in total. The largest absolute Gasteiger partial charge is 0.245 e. The summed E-state index contributed by atoms with van der Waals surface area (Å²) in [6, 6.07) is 0. The van der Waals surface area contributed by atoms with Gasteiger partial charge in [0.2, 0.25) is 0 Å². The molecule has 0 saturated heterocycles. The van der Waals surface area contributed by atoms with Crippen molar-refractivity contribution in [3.05, 3.63) is 23.8 Å². The smallest absolute Gasteiger partial charge is 0.115 e. The molecule has 17 heavy (non-hydrogen) atoms. The van der Waals surface area contributed by atoms with E-state index in [1.165, 1.54) is 43.4 Å². The van der Waals surface area contributed by atoms with E-state index in [0.717, 1.165) is 0 Å². The predicted octanol–water partition coefficient (Wildman–Crippen LogP) is 4.67. The van der Waals surface area contributed by atoms with E-state index >= 15 is 0 Å². The normalized spacial score (nSPS) is 23.1. The van der Waals surface area contributed by atoms with Gasteiger partial charge in [-0.3, -0.25) is 0 Å². The molecule has 1 aliphatic rings. The molecule has 1 aromatic heterocycles. The molecule has 2 rings (SSSR count). The fraction of sp³-hybridized carbons (Fsp3) is 0.733. The number of hydrogen-bond donors (Lipinski definition) is 0. The lowest BCUT2D eigenvalue weighted by Crippen LogP contribution is -2.04. The van der Waals surface area contributed by atoms with Crippen LogP contribution in [0.5, 0.6) is 0 Å². The standard InChI is InChI=1S/C13H20N2.C2H6/c1-3-5-11-7-4-6-10(2)13-12(11)8-14-9-15-13;1-2/h8-11H,3-7H2,1-2H3;1-2H3. The van der Waals surface area contributed by atoms with Gasteiger partial charge in [0.05, 0.1) is 5.69 Å². The Bertz CT molecular complexity index is 322. The van der Waals surface area contributed by atoms with Crippen LogP contribution in [0.25, 0.3) is 0 Å². The molecule has 96 valence electrons. The predicted molar refractivity (Wildman–Crippen MR) is 73.3 cm³/mol. The SMILES string of the molecule is CC.CCCC1CCCC(C)c2ncncc21. The van der Waals surface area contributed by atoms with Crippen molar-refractivity contribution in [3.63, 3.8) is 0 Å². The van der Waals surface area contributed by atoms with Crippen molar-refractivity contribution in [1.82, 2.24) is 9.97 Å². The van der Waals surface area contributed by atoms with Crippen LogP contribution in [-0.4, -0.2) is 9.97 Å². The van der Waals surface area contributed by atoms with Crippen LogP contribution in [0.3, 0.4) is 0 Å². The molecule has 0 aliphatic heterocycles. The van der Waals surface area contributed by atoms with Gasteiger partial charge in [-0.15, -0.1) is 0 Å². The van der Waals surface area contributed by atoms with Crippen LogP contribution < -0.4 is 0 Å². The van der Waals surface area contributed by atoms with Gasteiger partial charge >= 0.3 is 0 Å². The fourth-order valence-electron chi connectivity index (χ4n) is 2.69. The van der Waals surface area contributed by atoms with E-state index in [9.17, 15) is 0 Å². The molecule has 1 aromatic rings. The van der Waals surface area contributed by atoms with E-state index in [2.05, 4.69) is 23.8 Å². The summed E-state index contributed by atoms with van der Waals surface area (Å²) in [6.45, 7) is 8.55. The highest BCUT2D eigenvalue weighted by Crippen LogP contribution is 2.37. The number of nitrogens with zero attached hydrogens (tertiary/aromatic N) is 2. The van der Waals surface area contributed by atoms with E-state index in [1.54, 1.807) is 6.33 Å². The van der Waals surface area contributed by atoms with Gasteiger partial charge in [0.15, 0.2) is 0 Å². The highest BCUT2D eigenvalue weighted by Gasteiger charge is 2.22. The van der Waals surface area contributed by atoms with Crippen LogP contribution in [0.15, 0.2) is 12.5 Å². The maximum absolute atomic E-state index is 4.48. The third kappa shape index (κ3) is 3.52. The van der Waals surface area contributed by atoms with Crippen LogP contribution in [0, 0.1) is 0 Å². The molecule has 0 spiro atoms. The molecule has 0 bridgehead atoms. The Morgan fingerprint density at radius 2 is 2.06 bits per heavy atom. The van der Waals surface area contributed by atoms with Crippen molar-refractivity contribution in [2.75, 3.05) is 0 Å². The summed E-state index contributed by atoms with van der Waals surface area (Å²) in [6.07, 6.45) is 10.2. The summed E-state index contributed by atoms with van der Waals surface area (Å²) < 4.78 is 0. The number of hydrogen-bond acceptors (Lipinski definition) is 2.